The van der Waals surface area contributed by atoms with Crippen molar-refractivity contribution in [2.45, 2.75) is 19.3 Å². The van der Waals surface area contributed by atoms with Crippen LogP contribution in [0.2, 0.25) is 0 Å². The molecule has 0 bridgehead atoms. The largest absolute Gasteiger partial charge is 0.469 e. The molecule has 0 fully saturated rings. The van der Waals surface area contributed by atoms with Gasteiger partial charge < -0.3 is 14.8 Å². The van der Waals surface area contributed by atoms with Crippen molar-refractivity contribution in [2.24, 2.45) is 0 Å². The Morgan fingerprint density at radius 2 is 1.84 bits per heavy atom. The first-order valence-corrected chi connectivity index (χ1v) is 12.0. The number of halogens is 2. The third kappa shape index (κ3) is 7.51. The molecule has 0 heterocycles. The molecule has 11 heteroatoms. The van der Waals surface area contributed by atoms with E-state index in [-0.39, 0.29) is 41.8 Å². The van der Waals surface area contributed by atoms with E-state index < -0.39 is 4.92 Å². The maximum Gasteiger partial charge on any atom is 0.305 e. The Labute approximate surface area is 200 Å². The number of hydrogen-bond acceptors (Lipinski definition) is 7. The summed E-state index contributed by atoms with van der Waals surface area (Å²) in [5.74, 6) is 0.684. The molecular formula is C20H20Br2N2O6S. The average molecular weight is 576 g/mol. The summed E-state index contributed by atoms with van der Waals surface area (Å²) in [5.41, 5.74) is 0.725. The number of hydrogen-bond donors (Lipinski definition) is 1. The molecule has 0 aliphatic heterocycles. The predicted molar refractivity (Wildman–Crippen MR) is 127 cm³/mol. The van der Waals surface area contributed by atoms with Crippen LogP contribution in [0.25, 0.3) is 0 Å². The molecular weight excluding hydrogens is 556 g/mol. The van der Waals surface area contributed by atoms with Gasteiger partial charge in [0.15, 0.2) is 5.75 Å². The summed E-state index contributed by atoms with van der Waals surface area (Å²) in [4.78, 5) is 34.2. The molecule has 1 N–H and O–H groups in total. The minimum Gasteiger partial charge on any atom is -0.469 e. The number of nitrogens with zero attached hydrogens (tertiary/aromatic N) is 1. The maximum atomic E-state index is 11.9. The van der Waals surface area contributed by atoms with Crippen molar-refractivity contribution in [3.63, 3.8) is 0 Å². The average Bonchev–Trinajstić information content (AvgIpc) is 2.73. The third-order valence-corrected chi connectivity index (χ3v) is 5.89. The fourth-order valence-corrected chi connectivity index (χ4v) is 4.39. The van der Waals surface area contributed by atoms with Gasteiger partial charge in [0.2, 0.25) is 5.91 Å². The van der Waals surface area contributed by atoms with Crippen LogP contribution in [0.4, 0.5) is 11.4 Å². The summed E-state index contributed by atoms with van der Waals surface area (Å²) in [5, 5.41) is 14.1. The zero-order valence-electron chi connectivity index (χ0n) is 16.8. The fraction of sp³-hybridized carbons (Fsp3) is 0.300. The van der Waals surface area contributed by atoms with Crippen molar-refractivity contribution in [1.29, 1.82) is 0 Å². The molecule has 0 saturated heterocycles. The SMILES string of the molecule is COC(=O)CCc1cc(Br)c(Oc2ccc(NC(=O)CCSC)c([N+](=O)[O-])c2)c(Br)c1. The van der Waals surface area contributed by atoms with Crippen LogP contribution in [0.1, 0.15) is 18.4 Å². The van der Waals surface area contributed by atoms with Gasteiger partial charge >= 0.3 is 5.97 Å². The molecule has 2 rings (SSSR count). The Hall–Kier alpha value is -2.11. The molecule has 0 aliphatic carbocycles. The van der Waals surface area contributed by atoms with Crippen molar-refractivity contribution >= 4 is 66.9 Å². The van der Waals surface area contributed by atoms with Crippen LogP contribution >= 0.6 is 43.6 Å². The zero-order chi connectivity index (χ0) is 23.0. The first-order valence-electron chi connectivity index (χ1n) is 9.05. The van der Waals surface area contributed by atoms with Gasteiger partial charge in [-0.05, 0) is 74.4 Å². The van der Waals surface area contributed by atoms with Gasteiger partial charge in [-0.3, -0.25) is 19.7 Å². The highest BCUT2D eigenvalue weighted by Gasteiger charge is 2.19. The lowest BCUT2D eigenvalue weighted by molar-refractivity contribution is -0.384. The number of benzene rings is 2. The Kier molecular flexibility index (Phi) is 9.79. The second-order valence-corrected chi connectivity index (χ2v) is 8.99. The molecule has 2 aromatic carbocycles. The smallest absolute Gasteiger partial charge is 0.305 e. The number of methoxy groups -OCH3 is 1. The van der Waals surface area contributed by atoms with Crippen LogP contribution in [0, 0.1) is 10.1 Å². The summed E-state index contributed by atoms with van der Waals surface area (Å²) in [7, 11) is 1.34. The zero-order valence-corrected chi connectivity index (χ0v) is 20.8. The summed E-state index contributed by atoms with van der Waals surface area (Å²) in [6.45, 7) is 0. The monoisotopic (exact) mass is 574 g/mol. The molecule has 0 aromatic heterocycles. The third-order valence-electron chi connectivity index (χ3n) is 4.10. The highest BCUT2D eigenvalue weighted by Crippen LogP contribution is 2.40. The van der Waals surface area contributed by atoms with E-state index in [0.717, 1.165) is 5.56 Å². The molecule has 0 radical (unpaired) electrons. The topological polar surface area (TPSA) is 108 Å². The van der Waals surface area contributed by atoms with E-state index in [1.165, 1.54) is 31.0 Å². The highest BCUT2D eigenvalue weighted by atomic mass is 79.9. The fourth-order valence-electron chi connectivity index (χ4n) is 2.56. The molecule has 0 atom stereocenters. The molecule has 0 aliphatic rings. The van der Waals surface area contributed by atoms with Crippen LogP contribution in [0.15, 0.2) is 39.3 Å². The summed E-state index contributed by atoms with van der Waals surface area (Å²) in [6.07, 6.45) is 2.87. The van der Waals surface area contributed by atoms with Crippen molar-refractivity contribution in [3.05, 3.63) is 55.0 Å². The number of carbonyl (C=O) groups excluding carboxylic acids is 2. The summed E-state index contributed by atoms with van der Waals surface area (Å²) < 4.78 is 11.7. The standard InChI is InChI=1S/C20H20Br2N2O6S/c1-29-19(26)6-3-12-9-14(21)20(15(22)10-12)30-13-4-5-16(17(11-13)24(27)28)23-18(25)7-8-31-2/h4-5,9-11H,3,6-8H2,1-2H3,(H,23,25). The van der Waals surface area contributed by atoms with E-state index in [9.17, 15) is 19.7 Å². The van der Waals surface area contributed by atoms with E-state index >= 15 is 0 Å². The lowest BCUT2D eigenvalue weighted by Gasteiger charge is -2.13. The number of ether oxygens (including phenoxy) is 2. The molecule has 0 spiro atoms. The lowest BCUT2D eigenvalue weighted by Crippen LogP contribution is -2.13. The first-order chi connectivity index (χ1) is 14.7. The number of nitro groups is 1. The number of anilines is 1. The number of rotatable bonds is 10. The number of amides is 1. The Bertz CT molecular complexity index is 963. The van der Waals surface area contributed by atoms with Gasteiger partial charge in [-0.1, -0.05) is 0 Å². The molecule has 2 aromatic rings. The van der Waals surface area contributed by atoms with E-state index in [1.54, 1.807) is 18.2 Å². The quantitative estimate of drug-likeness (QED) is 0.219. The molecule has 0 saturated carbocycles. The number of nitro benzene ring substituents is 1. The Morgan fingerprint density at radius 1 is 1.16 bits per heavy atom. The Balaban J connectivity index is 2.22. The van der Waals surface area contributed by atoms with Gasteiger partial charge in [0.05, 0.1) is 27.0 Å². The molecule has 166 valence electrons. The maximum absolute atomic E-state index is 11.9. The van der Waals surface area contributed by atoms with E-state index in [1.807, 2.05) is 6.26 Å². The second-order valence-electron chi connectivity index (χ2n) is 6.29. The number of carbonyl (C=O) groups is 2. The minimum absolute atomic E-state index is 0.111. The van der Waals surface area contributed by atoms with Gasteiger partial charge in [0.1, 0.15) is 11.4 Å². The van der Waals surface area contributed by atoms with Crippen molar-refractivity contribution in [2.75, 3.05) is 24.4 Å². The molecule has 31 heavy (non-hydrogen) atoms. The number of esters is 1. The van der Waals surface area contributed by atoms with Crippen LogP contribution in [-0.2, 0) is 20.7 Å². The first kappa shape index (κ1) is 25.2. The number of aryl methyl sites for hydroxylation is 1. The van der Waals surface area contributed by atoms with E-state index in [2.05, 4.69) is 41.9 Å². The minimum atomic E-state index is -0.572. The van der Waals surface area contributed by atoms with Crippen molar-refractivity contribution in [3.8, 4) is 11.5 Å². The van der Waals surface area contributed by atoms with Gasteiger partial charge in [-0.25, -0.2) is 0 Å². The number of nitrogens with one attached hydrogen (secondary N) is 1. The van der Waals surface area contributed by atoms with Gasteiger partial charge in [0, 0.05) is 18.6 Å². The lowest BCUT2D eigenvalue weighted by atomic mass is 10.1. The number of thioether (sulfide) groups is 1. The molecule has 1 amide bonds. The van der Waals surface area contributed by atoms with Crippen molar-refractivity contribution < 1.29 is 24.0 Å². The molecule has 8 nitrogen and oxygen atoms in total. The van der Waals surface area contributed by atoms with Crippen LogP contribution in [-0.4, -0.2) is 35.9 Å². The molecule has 0 unspecified atom stereocenters. The highest BCUT2D eigenvalue weighted by molar-refractivity contribution is 9.11. The van der Waals surface area contributed by atoms with Crippen LogP contribution in [0.5, 0.6) is 11.5 Å². The predicted octanol–water partition coefficient (Wildman–Crippen LogP) is 5.71. The van der Waals surface area contributed by atoms with Gasteiger partial charge in [-0.2, -0.15) is 11.8 Å². The normalized spacial score (nSPS) is 10.5. The van der Waals surface area contributed by atoms with Crippen molar-refractivity contribution in [1.82, 2.24) is 0 Å². The Morgan fingerprint density at radius 3 is 2.42 bits per heavy atom. The summed E-state index contributed by atoms with van der Waals surface area (Å²) in [6, 6.07) is 7.85. The van der Waals surface area contributed by atoms with Gasteiger partial charge in [0.25, 0.3) is 5.69 Å². The van der Waals surface area contributed by atoms with Crippen LogP contribution in [0.3, 0.4) is 0 Å². The second kappa shape index (κ2) is 12.1. The van der Waals surface area contributed by atoms with E-state index in [0.29, 0.717) is 26.9 Å². The summed E-state index contributed by atoms with van der Waals surface area (Å²) >= 11 is 8.39. The van der Waals surface area contributed by atoms with E-state index in [4.69, 9.17) is 4.74 Å². The van der Waals surface area contributed by atoms with Gasteiger partial charge in [-0.15, -0.1) is 0 Å². The van der Waals surface area contributed by atoms with Crippen LogP contribution < -0.4 is 10.1 Å².